The molecule has 0 saturated heterocycles. The highest BCUT2D eigenvalue weighted by molar-refractivity contribution is 5.76. The highest BCUT2D eigenvalue weighted by Gasteiger charge is 2.61. The molecule has 26 heavy (non-hydrogen) atoms. The Labute approximate surface area is 152 Å². The number of hydrogen-bond acceptors (Lipinski definition) is 6. The molecule has 0 spiro atoms. The monoisotopic (exact) mass is 357 g/mol. The van der Waals surface area contributed by atoms with E-state index in [1.165, 1.54) is 0 Å². The third-order valence-corrected chi connectivity index (χ3v) is 5.52. The molecular formula is C20H23NO5. The standard InChI is InChI=1S/C20H23NO5/c1-3-24-20(23)18-15-8-14(9-16(15)18)25-13-6-4-12(5-7-13)19-17(10-22)11(2)21-26-19/h4-7,14-16,18,22H,3,8-10H2,1-2H3. The number of nitrogens with zero attached hydrogens (tertiary/aromatic N) is 1. The maximum Gasteiger partial charge on any atom is 0.309 e. The second-order valence-electron chi connectivity index (χ2n) is 7.07. The fourth-order valence-electron chi connectivity index (χ4n) is 4.15. The van der Waals surface area contributed by atoms with Crippen LogP contribution in [0.15, 0.2) is 28.8 Å². The van der Waals surface area contributed by atoms with Crippen LogP contribution >= 0.6 is 0 Å². The maximum atomic E-state index is 11.8. The highest BCUT2D eigenvalue weighted by Crippen LogP contribution is 2.58. The van der Waals surface area contributed by atoms with Gasteiger partial charge in [0.05, 0.1) is 30.9 Å². The molecule has 2 aromatic rings. The zero-order chi connectivity index (χ0) is 18.3. The normalized spacial score (nSPS) is 26.4. The number of esters is 1. The largest absolute Gasteiger partial charge is 0.490 e. The molecule has 6 nitrogen and oxygen atoms in total. The molecule has 1 aromatic carbocycles. The molecule has 0 bridgehead atoms. The lowest BCUT2D eigenvalue weighted by atomic mass is 10.1. The molecule has 0 aliphatic heterocycles. The van der Waals surface area contributed by atoms with Crippen LogP contribution in [0.2, 0.25) is 0 Å². The summed E-state index contributed by atoms with van der Waals surface area (Å²) < 4.78 is 16.5. The number of aliphatic hydroxyl groups excluding tert-OH is 1. The van der Waals surface area contributed by atoms with Crippen molar-refractivity contribution in [2.45, 2.75) is 39.4 Å². The van der Waals surface area contributed by atoms with Gasteiger partial charge < -0.3 is 19.1 Å². The van der Waals surface area contributed by atoms with E-state index in [2.05, 4.69) is 5.16 Å². The topological polar surface area (TPSA) is 81.8 Å². The van der Waals surface area contributed by atoms with E-state index in [1.807, 2.05) is 38.1 Å². The van der Waals surface area contributed by atoms with Crippen molar-refractivity contribution in [3.63, 3.8) is 0 Å². The predicted octanol–water partition coefficient (Wildman–Crippen LogP) is 3.11. The molecule has 1 aromatic heterocycles. The predicted molar refractivity (Wildman–Crippen MR) is 93.4 cm³/mol. The summed E-state index contributed by atoms with van der Waals surface area (Å²) in [5.41, 5.74) is 2.27. The number of aromatic nitrogens is 1. The van der Waals surface area contributed by atoms with Crippen LogP contribution in [0, 0.1) is 24.7 Å². The van der Waals surface area contributed by atoms with E-state index in [4.69, 9.17) is 14.0 Å². The molecule has 2 aliphatic rings. The molecule has 2 unspecified atom stereocenters. The second kappa shape index (κ2) is 6.76. The van der Waals surface area contributed by atoms with E-state index < -0.39 is 0 Å². The molecule has 0 radical (unpaired) electrons. The number of hydrogen-bond donors (Lipinski definition) is 1. The molecule has 2 saturated carbocycles. The van der Waals surface area contributed by atoms with E-state index in [-0.39, 0.29) is 24.6 Å². The molecule has 6 heteroatoms. The van der Waals surface area contributed by atoms with E-state index in [9.17, 15) is 9.90 Å². The zero-order valence-electron chi connectivity index (χ0n) is 15.0. The van der Waals surface area contributed by atoms with E-state index in [0.29, 0.717) is 35.5 Å². The van der Waals surface area contributed by atoms with Crippen molar-refractivity contribution in [1.82, 2.24) is 5.16 Å². The first-order valence-corrected chi connectivity index (χ1v) is 9.12. The number of aliphatic hydroxyl groups is 1. The van der Waals surface area contributed by atoms with Crippen molar-refractivity contribution in [2.24, 2.45) is 17.8 Å². The molecular weight excluding hydrogens is 334 g/mol. The number of carbonyl (C=O) groups excluding carboxylic acids is 1. The van der Waals surface area contributed by atoms with Crippen molar-refractivity contribution in [2.75, 3.05) is 6.61 Å². The van der Waals surface area contributed by atoms with Gasteiger partial charge in [0.15, 0.2) is 5.76 Å². The average Bonchev–Trinajstić information content (AvgIpc) is 2.96. The van der Waals surface area contributed by atoms with Crippen LogP contribution in [0.4, 0.5) is 0 Å². The van der Waals surface area contributed by atoms with Crippen LogP contribution in [0.1, 0.15) is 31.0 Å². The lowest BCUT2D eigenvalue weighted by Crippen LogP contribution is -2.19. The Kier molecular flexibility index (Phi) is 4.44. The molecule has 2 aliphatic carbocycles. The van der Waals surface area contributed by atoms with Gasteiger partial charge >= 0.3 is 5.97 Å². The fourth-order valence-corrected chi connectivity index (χ4v) is 4.15. The van der Waals surface area contributed by atoms with E-state index in [0.717, 1.165) is 24.2 Å². The highest BCUT2D eigenvalue weighted by atomic mass is 16.5. The number of rotatable bonds is 6. The Morgan fingerprint density at radius 2 is 1.96 bits per heavy atom. The van der Waals surface area contributed by atoms with Crippen LogP contribution in [-0.4, -0.2) is 28.9 Å². The minimum Gasteiger partial charge on any atom is -0.490 e. The third-order valence-electron chi connectivity index (χ3n) is 5.52. The molecule has 4 rings (SSSR count). The van der Waals surface area contributed by atoms with Gasteiger partial charge in [-0.2, -0.15) is 0 Å². The Hall–Kier alpha value is -2.34. The van der Waals surface area contributed by atoms with Gasteiger partial charge in [0, 0.05) is 11.1 Å². The van der Waals surface area contributed by atoms with Gasteiger partial charge in [0.1, 0.15) is 5.75 Å². The summed E-state index contributed by atoms with van der Waals surface area (Å²) in [5.74, 6) is 2.27. The first kappa shape index (κ1) is 17.1. The second-order valence-corrected chi connectivity index (χ2v) is 7.07. The summed E-state index contributed by atoms with van der Waals surface area (Å²) in [6, 6.07) is 7.62. The van der Waals surface area contributed by atoms with Crippen LogP contribution in [0.25, 0.3) is 11.3 Å². The molecule has 1 N–H and O–H groups in total. The maximum absolute atomic E-state index is 11.8. The first-order valence-electron chi connectivity index (χ1n) is 9.12. The van der Waals surface area contributed by atoms with Crippen molar-refractivity contribution in [3.05, 3.63) is 35.5 Å². The first-order chi connectivity index (χ1) is 12.6. The Bertz CT molecular complexity index is 785. The Balaban J connectivity index is 1.36. The quantitative estimate of drug-likeness (QED) is 0.800. The molecule has 2 atom stereocenters. The SMILES string of the molecule is CCOC(=O)C1C2CC(Oc3ccc(-c4onc(C)c4CO)cc3)CC21. The minimum atomic E-state index is -0.102. The molecule has 1 heterocycles. The zero-order valence-corrected chi connectivity index (χ0v) is 15.0. The van der Waals surface area contributed by atoms with Gasteiger partial charge in [-0.25, -0.2) is 0 Å². The van der Waals surface area contributed by atoms with E-state index in [1.54, 1.807) is 0 Å². The molecule has 2 fully saturated rings. The Morgan fingerprint density at radius 1 is 1.27 bits per heavy atom. The van der Waals surface area contributed by atoms with Gasteiger partial charge in [-0.3, -0.25) is 4.79 Å². The fraction of sp³-hybridized carbons (Fsp3) is 0.500. The summed E-state index contributed by atoms with van der Waals surface area (Å²) >= 11 is 0. The van der Waals surface area contributed by atoms with Crippen molar-refractivity contribution < 1.29 is 23.9 Å². The number of fused-ring (bicyclic) bond motifs is 1. The molecule has 0 amide bonds. The van der Waals surface area contributed by atoms with Crippen molar-refractivity contribution in [3.8, 4) is 17.1 Å². The van der Waals surface area contributed by atoms with Crippen LogP contribution in [-0.2, 0) is 16.1 Å². The van der Waals surface area contributed by atoms with Crippen LogP contribution in [0.3, 0.4) is 0 Å². The Morgan fingerprint density at radius 3 is 2.58 bits per heavy atom. The van der Waals surface area contributed by atoms with Gasteiger partial charge in [-0.05, 0) is 62.8 Å². The van der Waals surface area contributed by atoms with Gasteiger partial charge in [0.25, 0.3) is 0 Å². The summed E-state index contributed by atoms with van der Waals surface area (Å²) in [7, 11) is 0. The average molecular weight is 357 g/mol. The summed E-state index contributed by atoms with van der Waals surface area (Å²) in [6.45, 7) is 4.00. The summed E-state index contributed by atoms with van der Waals surface area (Å²) in [4.78, 5) is 11.8. The number of carbonyl (C=O) groups is 1. The lowest BCUT2D eigenvalue weighted by Gasteiger charge is -2.16. The third kappa shape index (κ3) is 2.98. The van der Waals surface area contributed by atoms with Gasteiger partial charge in [0.2, 0.25) is 0 Å². The number of aryl methyl sites for hydroxylation is 1. The smallest absolute Gasteiger partial charge is 0.309 e. The summed E-state index contributed by atoms with van der Waals surface area (Å²) in [6.07, 6.45) is 1.97. The van der Waals surface area contributed by atoms with Crippen molar-refractivity contribution in [1.29, 1.82) is 0 Å². The molecule has 138 valence electrons. The van der Waals surface area contributed by atoms with Crippen LogP contribution < -0.4 is 4.74 Å². The number of ether oxygens (including phenoxy) is 2. The lowest BCUT2D eigenvalue weighted by molar-refractivity contribution is -0.145. The van der Waals surface area contributed by atoms with Crippen LogP contribution in [0.5, 0.6) is 5.75 Å². The van der Waals surface area contributed by atoms with E-state index >= 15 is 0 Å². The van der Waals surface area contributed by atoms with Gasteiger partial charge in [-0.15, -0.1) is 0 Å². The van der Waals surface area contributed by atoms with Crippen molar-refractivity contribution >= 4 is 5.97 Å². The minimum absolute atomic E-state index is 0.0488. The number of benzene rings is 1. The van der Waals surface area contributed by atoms with Gasteiger partial charge in [-0.1, -0.05) is 5.16 Å². The summed E-state index contributed by atoms with van der Waals surface area (Å²) in [5, 5.41) is 13.4.